The lowest BCUT2D eigenvalue weighted by Gasteiger charge is -2.44. The number of esters is 1. The highest BCUT2D eigenvalue weighted by Gasteiger charge is 2.50. The average Bonchev–Trinajstić information content (AvgIpc) is 2.83. The van der Waals surface area contributed by atoms with Crippen LogP contribution in [0.2, 0.25) is 0 Å². The number of Topliss-reactive ketones (excluding diaryl/α,β-unsaturated/α-hetero) is 1. The molecule has 2 unspecified atom stereocenters. The molecule has 184 valence electrons. The van der Waals surface area contributed by atoms with E-state index in [2.05, 4.69) is 0 Å². The third kappa shape index (κ3) is 4.83. The minimum absolute atomic E-state index is 0.0393. The highest BCUT2D eigenvalue weighted by atomic mass is 16.6. The number of phenolic OH excluding ortho intramolecular Hbond substituents is 2. The number of phenols is 2. The Bertz CT molecular complexity index is 1200. The van der Waals surface area contributed by atoms with Gasteiger partial charge in [-0.05, 0) is 55.0 Å². The third-order valence-electron chi connectivity index (χ3n) is 7.09. The molecule has 0 aliphatic carbocycles. The lowest BCUT2D eigenvalue weighted by atomic mass is 9.77. The molecule has 1 heterocycles. The van der Waals surface area contributed by atoms with Crippen molar-refractivity contribution in [3.63, 3.8) is 0 Å². The monoisotopic (exact) mass is 475 g/mol. The molecule has 3 aromatic carbocycles. The third-order valence-corrected chi connectivity index (χ3v) is 7.09. The summed E-state index contributed by atoms with van der Waals surface area (Å²) in [5, 5.41) is 21.3. The summed E-state index contributed by atoms with van der Waals surface area (Å²) in [6.07, 6.45) is 2.04. The van der Waals surface area contributed by atoms with Gasteiger partial charge in [0.25, 0.3) is 0 Å². The van der Waals surface area contributed by atoms with Gasteiger partial charge in [-0.3, -0.25) is 4.79 Å². The smallest absolute Gasteiger partial charge is 0.337 e. The Morgan fingerprint density at radius 1 is 1.00 bits per heavy atom. The molecule has 2 atom stereocenters. The second-order valence-corrected chi connectivity index (χ2v) is 9.70. The van der Waals surface area contributed by atoms with Crippen molar-refractivity contribution >= 4 is 28.2 Å². The van der Waals surface area contributed by atoms with E-state index in [-0.39, 0.29) is 29.6 Å². The quantitative estimate of drug-likeness (QED) is 0.336. The molecule has 0 bridgehead atoms. The number of anilines is 1. The number of ether oxygens (including phenoxy) is 1. The predicted molar refractivity (Wildman–Crippen MR) is 137 cm³/mol. The van der Waals surface area contributed by atoms with E-state index in [1.807, 2.05) is 62.1 Å². The van der Waals surface area contributed by atoms with Crippen molar-refractivity contribution < 1.29 is 24.5 Å². The fourth-order valence-corrected chi connectivity index (χ4v) is 5.04. The van der Waals surface area contributed by atoms with Crippen molar-refractivity contribution in [3.05, 3.63) is 66.2 Å². The van der Waals surface area contributed by atoms with Gasteiger partial charge in [0.2, 0.25) is 0 Å². The van der Waals surface area contributed by atoms with Crippen LogP contribution in [0.25, 0.3) is 10.8 Å². The van der Waals surface area contributed by atoms with E-state index in [0.29, 0.717) is 24.8 Å². The van der Waals surface area contributed by atoms with Gasteiger partial charge in [0.05, 0.1) is 0 Å². The van der Waals surface area contributed by atoms with Crippen molar-refractivity contribution in [2.24, 2.45) is 5.92 Å². The summed E-state index contributed by atoms with van der Waals surface area (Å²) < 4.78 is 6.15. The zero-order chi connectivity index (χ0) is 25.2. The lowest BCUT2D eigenvalue weighted by molar-refractivity contribution is -0.179. The number of hydrogen-bond donors (Lipinski definition) is 2. The molecular formula is C29H33NO5. The number of benzene rings is 3. The van der Waals surface area contributed by atoms with Crippen LogP contribution in [0.4, 0.5) is 5.69 Å². The van der Waals surface area contributed by atoms with Gasteiger partial charge in [0, 0.05) is 29.4 Å². The molecule has 0 spiro atoms. The van der Waals surface area contributed by atoms with Crippen LogP contribution in [0, 0.1) is 5.92 Å². The zero-order valence-corrected chi connectivity index (χ0v) is 20.5. The first-order valence-electron chi connectivity index (χ1n) is 12.3. The van der Waals surface area contributed by atoms with E-state index >= 15 is 0 Å². The van der Waals surface area contributed by atoms with Gasteiger partial charge in [-0.1, -0.05) is 57.2 Å². The average molecular weight is 476 g/mol. The number of rotatable bonds is 8. The van der Waals surface area contributed by atoms with Crippen LogP contribution in [-0.4, -0.2) is 40.2 Å². The SMILES string of the molecule is CCCN(c1cccc2c(O)cccc12)C1C(=O)CC(CCc2ccc(O)cc2)(C(C)C)OC1=O. The van der Waals surface area contributed by atoms with Gasteiger partial charge in [-0.25, -0.2) is 4.79 Å². The van der Waals surface area contributed by atoms with Crippen molar-refractivity contribution in [1.82, 2.24) is 0 Å². The van der Waals surface area contributed by atoms with Crippen LogP contribution in [0.5, 0.6) is 11.5 Å². The molecule has 0 radical (unpaired) electrons. The molecule has 1 aliphatic rings. The number of fused-ring (bicyclic) bond motifs is 1. The van der Waals surface area contributed by atoms with Crippen LogP contribution in [-0.2, 0) is 20.7 Å². The van der Waals surface area contributed by atoms with Crippen LogP contribution in [0.3, 0.4) is 0 Å². The highest BCUT2D eigenvalue weighted by molar-refractivity contribution is 6.10. The predicted octanol–water partition coefficient (Wildman–Crippen LogP) is 5.38. The molecular weight excluding hydrogens is 442 g/mol. The normalized spacial score (nSPS) is 20.3. The molecule has 6 heteroatoms. The maximum absolute atomic E-state index is 13.6. The number of aromatic hydroxyl groups is 2. The highest BCUT2D eigenvalue weighted by Crippen LogP contribution is 2.39. The summed E-state index contributed by atoms with van der Waals surface area (Å²) in [5.74, 6) is -0.348. The Balaban J connectivity index is 1.64. The Hall–Kier alpha value is -3.54. The molecule has 1 saturated heterocycles. The molecule has 0 aromatic heterocycles. The second kappa shape index (κ2) is 9.98. The van der Waals surface area contributed by atoms with Gasteiger partial charge in [0.1, 0.15) is 17.1 Å². The molecule has 1 aliphatic heterocycles. The van der Waals surface area contributed by atoms with E-state index in [0.717, 1.165) is 23.1 Å². The summed E-state index contributed by atoms with van der Waals surface area (Å²) in [7, 11) is 0. The Morgan fingerprint density at radius 2 is 1.69 bits per heavy atom. The Kier molecular flexibility index (Phi) is 7.01. The number of cyclic esters (lactones) is 1. The van der Waals surface area contributed by atoms with Crippen LogP contribution < -0.4 is 4.90 Å². The number of hydrogen-bond acceptors (Lipinski definition) is 6. The van der Waals surface area contributed by atoms with Gasteiger partial charge >= 0.3 is 5.97 Å². The van der Waals surface area contributed by atoms with Crippen LogP contribution in [0.15, 0.2) is 60.7 Å². The summed E-state index contributed by atoms with van der Waals surface area (Å²) >= 11 is 0. The minimum Gasteiger partial charge on any atom is -0.508 e. The van der Waals surface area contributed by atoms with Gasteiger partial charge < -0.3 is 19.8 Å². The summed E-state index contributed by atoms with van der Waals surface area (Å²) in [6.45, 7) is 6.47. The second-order valence-electron chi connectivity index (χ2n) is 9.70. The van der Waals surface area contributed by atoms with E-state index in [4.69, 9.17) is 4.74 Å². The molecule has 0 amide bonds. The lowest BCUT2D eigenvalue weighted by Crippen LogP contribution is -2.59. The number of carbonyl (C=O) groups excluding carboxylic acids is 2. The fourth-order valence-electron chi connectivity index (χ4n) is 5.04. The molecule has 1 fully saturated rings. The molecule has 4 rings (SSSR count). The van der Waals surface area contributed by atoms with Crippen LogP contribution >= 0.6 is 0 Å². The van der Waals surface area contributed by atoms with Gasteiger partial charge in [-0.2, -0.15) is 0 Å². The Labute approximate surface area is 206 Å². The van der Waals surface area contributed by atoms with Gasteiger partial charge in [-0.15, -0.1) is 0 Å². The number of carbonyl (C=O) groups is 2. The van der Waals surface area contributed by atoms with E-state index in [1.165, 1.54) is 0 Å². The minimum atomic E-state index is -1.02. The first-order valence-corrected chi connectivity index (χ1v) is 12.3. The topological polar surface area (TPSA) is 87.1 Å². The molecule has 3 aromatic rings. The summed E-state index contributed by atoms with van der Waals surface area (Å²) in [4.78, 5) is 29.0. The maximum Gasteiger partial charge on any atom is 0.337 e. The first kappa shape index (κ1) is 24.6. The van der Waals surface area contributed by atoms with Crippen molar-refractivity contribution in [2.75, 3.05) is 11.4 Å². The molecule has 35 heavy (non-hydrogen) atoms. The molecule has 6 nitrogen and oxygen atoms in total. The van der Waals surface area contributed by atoms with E-state index in [1.54, 1.807) is 24.3 Å². The van der Waals surface area contributed by atoms with Crippen molar-refractivity contribution in [2.45, 2.75) is 58.1 Å². The fraction of sp³-hybridized carbons (Fsp3) is 0.379. The first-order chi connectivity index (χ1) is 16.8. The van der Waals surface area contributed by atoms with E-state index < -0.39 is 17.6 Å². The van der Waals surface area contributed by atoms with Crippen LogP contribution in [0.1, 0.15) is 45.6 Å². The number of nitrogens with zero attached hydrogens (tertiary/aromatic N) is 1. The zero-order valence-electron chi connectivity index (χ0n) is 20.5. The number of ketones is 1. The molecule has 0 saturated carbocycles. The maximum atomic E-state index is 13.6. The summed E-state index contributed by atoms with van der Waals surface area (Å²) in [6, 6.07) is 16.8. The standard InChI is InChI=1S/C29H33NO5/c1-4-17-30(24-9-5-8-23-22(24)7-6-10-25(23)32)27-26(33)18-29(19(2)3,35-28(27)34)16-15-20-11-13-21(31)14-12-20/h5-14,19,27,31-32H,4,15-18H2,1-3H3. The summed E-state index contributed by atoms with van der Waals surface area (Å²) in [5.41, 5.74) is 0.866. The molecule has 2 N–H and O–H groups in total. The van der Waals surface area contributed by atoms with Crippen molar-refractivity contribution in [3.8, 4) is 11.5 Å². The van der Waals surface area contributed by atoms with E-state index in [9.17, 15) is 19.8 Å². The van der Waals surface area contributed by atoms with Crippen molar-refractivity contribution in [1.29, 1.82) is 0 Å². The largest absolute Gasteiger partial charge is 0.508 e. The number of aryl methyl sites for hydroxylation is 1. The Morgan fingerprint density at radius 3 is 2.34 bits per heavy atom. The van der Waals surface area contributed by atoms with Gasteiger partial charge in [0.15, 0.2) is 11.8 Å².